The highest BCUT2D eigenvalue weighted by atomic mass is 79.9. The number of esters is 1. The zero-order valence-electron chi connectivity index (χ0n) is 15.1. The van der Waals surface area contributed by atoms with Gasteiger partial charge >= 0.3 is 12.0 Å². The molecule has 0 aliphatic carbocycles. The first-order valence-corrected chi connectivity index (χ1v) is 10.6. The highest BCUT2D eigenvalue weighted by Crippen LogP contribution is 2.33. The Balaban J connectivity index is 1.52. The Morgan fingerprint density at radius 3 is 2.85 bits per heavy atom. The maximum absolute atomic E-state index is 12.2. The summed E-state index contributed by atoms with van der Waals surface area (Å²) in [6.07, 6.45) is 1.75. The summed E-state index contributed by atoms with van der Waals surface area (Å²) in [5, 5.41) is 5.83. The standard InChI is InChI=1S/C19H22BrN3O3S/c1-2-26-17(24)11-21-19(25)23-8-6-13(7-9-23)18-22-16(12-27-18)14-4-3-5-15(20)10-14/h3-5,10,12-13H,2,6-9,11H2,1H3,(H,21,25). The molecule has 0 spiro atoms. The minimum Gasteiger partial charge on any atom is -0.465 e. The molecule has 3 rings (SSSR count). The molecule has 0 radical (unpaired) electrons. The number of hydrogen-bond acceptors (Lipinski definition) is 5. The number of nitrogens with one attached hydrogen (secondary N) is 1. The van der Waals surface area contributed by atoms with Crippen LogP contribution in [-0.4, -0.2) is 48.1 Å². The molecule has 1 aromatic carbocycles. The Kier molecular flexibility index (Phi) is 6.84. The summed E-state index contributed by atoms with van der Waals surface area (Å²) in [6.45, 7) is 3.28. The van der Waals surface area contributed by atoms with Crippen molar-refractivity contribution in [2.24, 2.45) is 0 Å². The van der Waals surface area contributed by atoms with Crippen molar-refractivity contribution >= 4 is 39.3 Å². The van der Waals surface area contributed by atoms with E-state index in [4.69, 9.17) is 9.72 Å². The van der Waals surface area contributed by atoms with Gasteiger partial charge in [-0.25, -0.2) is 9.78 Å². The third-order valence-electron chi connectivity index (χ3n) is 4.46. The van der Waals surface area contributed by atoms with Gasteiger partial charge in [0.2, 0.25) is 0 Å². The van der Waals surface area contributed by atoms with Gasteiger partial charge in [-0.05, 0) is 31.9 Å². The molecule has 1 saturated heterocycles. The number of aromatic nitrogens is 1. The highest BCUT2D eigenvalue weighted by molar-refractivity contribution is 9.10. The first-order valence-electron chi connectivity index (χ1n) is 8.96. The summed E-state index contributed by atoms with van der Waals surface area (Å²) in [7, 11) is 0. The first-order chi connectivity index (χ1) is 13.1. The lowest BCUT2D eigenvalue weighted by atomic mass is 9.98. The van der Waals surface area contributed by atoms with Gasteiger partial charge in [-0.15, -0.1) is 11.3 Å². The summed E-state index contributed by atoms with van der Waals surface area (Å²) < 4.78 is 5.86. The van der Waals surface area contributed by atoms with Crippen molar-refractivity contribution in [3.8, 4) is 11.3 Å². The molecule has 1 N–H and O–H groups in total. The topological polar surface area (TPSA) is 71.5 Å². The van der Waals surface area contributed by atoms with Crippen molar-refractivity contribution < 1.29 is 14.3 Å². The summed E-state index contributed by atoms with van der Waals surface area (Å²) in [4.78, 5) is 30.1. The number of carbonyl (C=O) groups excluding carboxylic acids is 2. The molecule has 1 aliphatic heterocycles. The number of hydrogen-bond donors (Lipinski definition) is 1. The molecule has 27 heavy (non-hydrogen) atoms. The van der Waals surface area contributed by atoms with Gasteiger partial charge in [0.1, 0.15) is 6.54 Å². The van der Waals surface area contributed by atoms with Crippen LogP contribution in [0.15, 0.2) is 34.1 Å². The lowest BCUT2D eigenvalue weighted by Gasteiger charge is -2.31. The Morgan fingerprint density at radius 1 is 1.37 bits per heavy atom. The lowest BCUT2D eigenvalue weighted by Crippen LogP contribution is -2.45. The second kappa shape index (κ2) is 9.32. The van der Waals surface area contributed by atoms with E-state index in [-0.39, 0.29) is 12.6 Å². The number of likely N-dealkylation sites (tertiary alicyclic amines) is 1. The average Bonchev–Trinajstić information content (AvgIpc) is 3.17. The van der Waals surface area contributed by atoms with Crippen LogP contribution < -0.4 is 5.32 Å². The van der Waals surface area contributed by atoms with Gasteiger partial charge in [0.15, 0.2) is 0 Å². The number of ether oxygens (including phenoxy) is 1. The van der Waals surface area contributed by atoms with Crippen molar-refractivity contribution in [2.45, 2.75) is 25.7 Å². The van der Waals surface area contributed by atoms with E-state index in [0.29, 0.717) is 25.6 Å². The highest BCUT2D eigenvalue weighted by Gasteiger charge is 2.26. The molecule has 2 aromatic rings. The molecule has 2 heterocycles. The van der Waals surface area contributed by atoms with Gasteiger partial charge < -0.3 is 15.0 Å². The van der Waals surface area contributed by atoms with E-state index >= 15 is 0 Å². The van der Waals surface area contributed by atoms with Gasteiger partial charge in [-0.2, -0.15) is 0 Å². The van der Waals surface area contributed by atoms with E-state index in [2.05, 4.69) is 38.8 Å². The van der Waals surface area contributed by atoms with Crippen LogP contribution in [0, 0.1) is 0 Å². The molecule has 0 bridgehead atoms. The van der Waals surface area contributed by atoms with E-state index in [1.165, 1.54) is 0 Å². The second-order valence-electron chi connectivity index (χ2n) is 6.31. The fraction of sp³-hybridized carbons (Fsp3) is 0.421. The number of urea groups is 1. The summed E-state index contributed by atoms with van der Waals surface area (Å²) in [5.74, 6) is -0.0476. The number of nitrogens with zero attached hydrogens (tertiary/aromatic N) is 2. The first kappa shape index (κ1) is 19.8. The van der Waals surface area contributed by atoms with Crippen LogP contribution in [0.4, 0.5) is 4.79 Å². The number of rotatable bonds is 5. The smallest absolute Gasteiger partial charge is 0.325 e. The quantitative estimate of drug-likeness (QED) is 0.696. The van der Waals surface area contributed by atoms with Gasteiger partial charge in [0.05, 0.1) is 17.3 Å². The molecule has 0 atom stereocenters. The number of amides is 2. The number of thiazole rings is 1. The molecule has 1 fully saturated rings. The minimum absolute atomic E-state index is 0.0882. The summed E-state index contributed by atoms with van der Waals surface area (Å²) in [5.41, 5.74) is 2.09. The number of piperidine rings is 1. The predicted molar refractivity (Wildman–Crippen MR) is 109 cm³/mol. The van der Waals surface area contributed by atoms with Crippen molar-refractivity contribution in [1.29, 1.82) is 0 Å². The third kappa shape index (κ3) is 5.29. The Labute approximate surface area is 171 Å². The van der Waals surface area contributed by atoms with Gasteiger partial charge in [0.25, 0.3) is 0 Å². The molecule has 2 amide bonds. The fourth-order valence-corrected chi connectivity index (χ4v) is 4.46. The molecule has 0 unspecified atom stereocenters. The van der Waals surface area contributed by atoms with E-state index in [9.17, 15) is 9.59 Å². The molecule has 1 aromatic heterocycles. The second-order valence-corrected chi connectivity index (χ2v) is 8.11. The van der Waals surface area contributed by atoms with Gasteiger partial charge in [-0.1, -0.05) is 28.1 Å². The minimum atomic E-state index is -0.413. The molecular weight excluding hydrogens is 430 g/mol. The van der Waals surface area contributed by atoms with E-state index in [1.54, 1.807) is 23.2 Å². The van der Waals surface area contributed by atoms with Gasteiger partial charge in [-0.3, -0.25) is 4.79 Å². The zero-order valence-corrected chi connectivity index (χ0v) is 17.5. The maximum Gasteiger partial charge on any atom is 0.325 e. The largest absolute Gasteiger partial charge is 0.465 e. The van der Waals surface area contributed by atoms with Gasteiger partial charge in [0, 0.05) is 34.4 Å². The van der Waals surface area contributed by atoms with Crippen molar-refractivity contribution in [1.82, 2.24) is 15.2 Å². The SMILES string of the molecule is CCOC(=O)CNC(=O)N1CCC(c2nc(-c3cccc(Br)c3)cs2)CC1. The van der Waals surface area contributed by atoms with Crippen molar-refractivity contribution in [3.63, 3.8) is 0 Å². The van der Waals surface area contributed by atoms with Crippen LogP contribution in [0.25, 0.3) is 11.3 Å². The Morgan fingerprint density at radius 2 is 2.15 bits per heavy atom. The van der Waals surface area contributed by atoms with Crippen molar-refractivity contribution in [2.75, 3.05) is 26.2 Å². The average molecular weight is 452 g/mol. The van der Waals surface area contributed by atoms with Crippen LogP contribution in [0.1, 0.15) is 30.7 Å². The molecule has 144 valence electrons. The third-order valence-corrected chi connectivity index (χ3v) is 5.96. The fourth-order valence-electron chi connectivity index (χ4n) is 3.06. The molecule has 8 heteroatoms. The maximum atomic E-state index is 12.2. The molecule has 1 aliphatic rings. The lowest BCUT2D eigenvalue weighted by molar-refractivity contribution is -0.141. The molecule has 0 saturated carbocycles. The monoisotopic (exact) mass is 451 g/mol. The number of benzene rings is 1. The van der Waals surface area contributed by atoms with Crippen LogP contribution in [-0.2, 0) is 9.53 Å². The Hall–Kier alpha value is -1.93. The van der Waals surface area contributed by atoms with Crippen LogP contribution in [0.5, 0.6) is 0 Å². The normalized spacial score (nSPS) is 14.8. The van der Waals surface area contributed by atoms with E-state index in [1.807, 2.05) is 12.1 Å². The van der Waals surface area contributed by atoms with Crippen molar-refractivity contribution in [3.05, 3.63) is 39.1 Å². The summed E-state index contributed by atoms with van der Waals surface area (Å²) >= 11 is 5.18. The zero-order chi connectivity index (χ0) is 19.2. The van der Waals surface area contributed by atoms with E-state index < -0.39 is 5.97 Å². The van der Waals surface area contributed by atoms with E-state index in [0.717, 1.165) is 33.6 Å². The van der Waals surface area contributed by atoms with Crippen LogP contribution in [0.2, 0.25) is 0 Å². The number of halogens is 1. The molecule has 6 nitrogen and oxygen atoms in total. The van der Waals surface area contributed by atoms with Crippen LogP contribution >= 0.6 is 27.3 Å². The predicted octanol–water partition coefficient (Wildman–Crippen LogP) is 4.02. The number of carbonyl (C=O) groups is 2. The Bertz CT molecular complexity index is 803. The summed E-state index contributed by atoms with van der Waals surface area (Å²) in [6, 6.07) is 7.91. The molecular formula is C19H22BrN3O3S. The van der Waals surface area contributed by atoms with Crippen LogP contribution in [0.3, 0.4) is 0 Å².